The Labute approximate surface area is 104 Å². The fourth-order valence-corrected chi connectivity index (χ4v) is 2.65. The van der Waals surface area contributed by atoms with Gasteiger partial charge in [-0.05, 0) is 26.2 Å². The zero-order chi connectivity index (χ0) is 12.1. The van der Waals surface area contributed by atoms with Gasteiger partial charge in [0.2, 0.25) is 0 Å². The minimum Gasteiger partial charge on any atom is -0.377 e. The van der Waals surface area contributed by atoms with Crippen molar-refractivity contribution in [3.05, 3.63) is 0 Å². The van der Waals surface area contributed by atoms with Crippen LogP contribution in [0.25, 0.3) is 0 Å². The van der Waals surface area contributed by atoms with Gasteiger partial charge in [-0.25, -0.2) is 0 Å². The van der Waals surface area contributed by atoms with Crippen LogP contribution in [-0.4, -0.2) is 61.3 Å². The van der Waals surface area contributed by atoms with Crippen molar-refractivity contribution >= 4 is 0 Å². The van der Waals surface area contributed by atoms with Crippen LogP contribution < -0.4 is 0 Å². The molecule has 0 aromatic carbocycles. The van der Waals surface area contributed by atoms with E-state index < -0.39 is 0 Å². The van der Waals surface area contributed by atoms with Gasteiger partial charge in [0.05, 0.1) is 18.2 Å². The minimum atomic E-state index is 0.0584. The van der Waals surface area contributed by atoms with Crippen LogP contribution in [0.4, 0.5) is 0 Å². The molecule has 2 rings (SSSR count). The molecule has 0 aromatic heterocycles. The molecule has 0 aliphatic carbocycles. The Morgan fingerprint density at radius 3 is 2.65 bits per heavy atom. The van der Waals surface area contributed by atoms with Crippen molar-refractivity contribution in [2.45, 2.75) is 38.3 Å². The van der Waals surface area contributed by atoms with E-state index >= 15 is 0 Å². The van der Waals surface area contributed by atoms with E-state index in [4.69, 9.17) is 10.00 Å². The van der Waals surface area contributed by atoms with Crippen LogP contribution in [0, 0.1) is 11.3 Å². The third-order valence-electron chi connectivity index (χ3n) is 3.88. The number of hydrogen-bond acceptors (Lipinski definition) is 4. The van der Waals surface area contributed by atoms with Crippen molar-refractivity contribution in [2.75, 3.05) is 39.3 Å². The minimum absolute atomic E-state index is 0.0584. The topological polar surface area (TPSA) is 39.5 Å². The van der Waals surface area contributed by atoms with Crippen LogP contribution in [0.2, 0.25) is 0 Å². The van der Waals surface area contributed by atoms with Gasteiger partial charge in [0, 0.05) is 39.3 Å². The molecule has 2 fully saturated rings. The Bertz CT molecular complexity index is 262. The van der Waals surface area contributed by atoms with E-state index in [1.54, 1.807) is 0 Å². The van der Waals surface area contributed by atoms with E-state index in [0.29, 0.717) is 6.10 Å². The van der Waals surface area contributed by atoms with Gasteiger partial charge >= 0.3 is 0 Å². The largest absolute Gasteiger partial charge is 0.377 e. The lowest BCUT2D eigenvalue weighted by Crippen LogP contribution is -2.51. The van der Waals surface area contributed by atoms with Crippen LogP contribution >= 0.6 is 0 Å². The standard InChI is InChI=1S/C13H23N3O/c1-12(10-14)16-7-5-15(6-8-16)11-13-4-2-3-9-17-13/h12-13H,2-9,11H2,1H3. The Morgan fingerprint density at radius 2 is 2.06 bits per heavy atom. The van der Waals surface area contributed by atoms with Crippen molar-refractivity contribution in [1.82, 2.24) is 9.80 Å². The molecule has 0 bridgehead atoms. The number of nitriles is 1. The van der Waals surface area contributed by atoms with E-state index in [0.717, 1.165) is 39.3 Å². The summed E-state index contributed by atoms with van der Waals surface area (Å²) < 4.78 is 5.77. The van der Waals surface area contributed by atoms with Crippen molar-refractivity contribution in [3.8, 4) is 6.07 Å². The fraction of sp³-hybridized carbons (Fsp3) is 0.923. The summed E-state index contributed by atoms with van der Waals surface area (Å²) in [6, 6.07) is 2.37. The number of hydrogen-bond donors (Lipinski definition) is 0. The zero-order valence-corrected chi connectivity index (χ0v) is 10.8. The second-order valence-corrected chi connectivity index (χ2v) is 5.13. The highest BCUT2D eigenvalue weighted by molar-refractivity contribution is 4.90. The Kier molecular flexibility index (Phi) is 4.78. The van der Waals surface area contributed by atoms with Gasteiger partial charge in [0.1, 0.15) is 0 Å². The van der Waals surface area contributed by atoms with Crippen molar-refractivity contribution < 1.29 is 4.74 Å². The summed E-state index contributed by atoms with van der Waals surface area (Å²) in [4.78, 5) is 4.74. The molecule has 2 atom stereocenters. The maximum Gasteiger partial charge on any atom is 0.0950 e. The lowest BCUT2D eigenvalue weighted by atomic mass is 10.1. The summed E-state index contributed by atoms with van der Waals surface area (Å²) in [5, 5.41) is 8.89. The molecule has 0 N–H and O–H groups in total. The second-order valence-electron chi connectivity index (χ2n) is 5.13. The van der Waals surface area contributed by atoms with Crippen LogP contribution in [0.1, 0.15) is 26.2 Å². The Morgan fingerprint density at radius 1 is 1.29 bits per heavy atom. The molecular formula is C13H23N3O. The highest BCUT2D eigenvalue weighted by Crippen LogP contribution is 2.15. The monoisotopic (exact) mass is 237 g/mol. The van der Waals surface area contributed by atoms with Gasteiger partial charge in [-0.3, -0.25) is 9.80 Å². The number of nitrogens with zero attached hydrogens (tertiary/aromatic N) is 3. The fourth-order valence-electron chi connectivity index (χ4n) is 2.65. The first-order chi connectivity index (χ1) is 8.29. The van der Waals surface area contributed by atoms with Gasteiger partial charge in [0.25, 0.3) is 0 Å². The molecule has 0 radical (unpaired) electrons. The van der Waals surface area contributed by atoms with E-state index in [2.05, 4.69) is 15.9 Å². The van der Waals surface area contributed by atoms with Crippen molar-refractivity contribution in [2.24, 2.45) is 0 Å². The average molecular weight is 237 g/mol. The molecule has 96 valence electrons. The first-order valence-corrected chi connectivity index (χ1v) is 6.77. The lowest BCUT2D eigenvalue weighted by Gasteiger charge is -2.38. The summed E-state index contributed by atoms with van der Waals surface area (Å²) in [7, 11) is 0. The number of piperazine rings is 1. The van der Waals surface area contributed by atoms with E-state index in [9.17, 15) is 0 Å². The van der Waals surface area contributed by atoms with Crippen LogP contribution in [0.5, 0.6) is 0 Å². The van der Waals surface area contributed by atoms with Crippen molar-refractivity contribution in [1.29, 1.82) is 5.26 Å². The summed E-state index contributed by atoms with van der Waals surface area (Å²) >= 11 is 0. The molecule has 0 aromatic rings. The van der Waals surface area contributed by atoms with Crippen LogP contribution in [-0.2, 0) is 4.74 Å². The summed E-state index contributed by atoms with van der Waals surface area (Å²) in [6.07, 6.45) is 4.21. The molecule has 17 heavy (non-hydrogen) atoms. The molecule has 2 saturated heterocycles. The predicted octanol–water partition coefficient (Wildman–Crippen LogP) is 1.09. The normalized spacial score (nSPS) is 29.8. The van der Waals surface area contributed by atoms with E-state index in [1.807, 2.05) is 6.92 Å². The van der Waals surface area contributed by atoms with Gasteiger partial charge in [-0.15, -0.1) is 0 Å². The smallest absolute Gasteiger partial charge is 0.0950 e. The maximum absolute atomic E-state index is 8.89. The second kappa shape index (κ2) is 6.34. The molecule has 2 aliphatic heterocycles. The number of ether oxygens (including phenoxy) is 1. The van der Waals surface area contributed by atoms with Gasteiger partial charge in [-0.1, -0.05) is 0 Å². The average Bonchev–Trinajstić information content (AvgIpc) is 2.40. The number of rotatable bonds is 3. The molecule has 2 unspecified atom stereocenters. The molecule has 0 saturated carbocycles. The highest BCUT2D eigenvalue weighted by Gasteiger charge is 2.23. The van der Waals surface area contributed by atoms with Gasteiger partial charge in [-0.2, -0.15) is 5.26 Å². The van der Waals surface area contributed by atoms with E-state index in [1.165, 1.54) is 19.3 Å². The van der Waals surface area contributed by atoms with Crippen LogP contribution in [0.3, 0.4) is 0 Å². The molecule has 0 spiro atoms. The molecule has 4 heteroatoms. The zero-order valence-electron chi connectivity index (χ0n) is 10.8. The van der Waals surface area contributed by atoms with Crippen LogP contribution in [0.15, 0.2) is 0 Å². The first-order valence-electron chi connectivity index (χ1n) is 6.77. The molecular weight excluding hydrogens is 214 g/mol. The third kappa shape index (κ3) is 3.67. The predicted molar refractivity (Wildman–Crippen MR) is 66.7 cm³/mol. The Balaban J connectivity index is 1.70. The summed E-state index contributed by atoms with van der Waals surface area (Å²) in [5.74, 6) is 0. The lowest BCUT2D eigenvalue weighted by molar-refractivity contribution is -0.0151. The highest BCUT2D eigenvalue weighted by atomic mass is 16.5. The molecule has 2 aliphatic rings. The summed E-state index contributed by atoms with van der Waals surface area (Å²) in [6.45, 7) is 8.19. The Hall–Kier alpha value is -0.630. The molecule has 0 amide bonds. The summed E-state index contributed by atoms with van der Waals surface area (Å²) in [5.41, 5.74) is 0. The maximum atomic E-state index is 8.89. The molecule has 4 nitrogen and oxygen atoms in total. The van der Waals surface area contributed by atoms with E-state index in [-0.39, 0.29) is 6.04 Å². The quantitative estimate of drug-likeness (QED) is 0.736. The molecule has 2 heterocycles. The third-order valence-corrected chi connectivity index (χ3v) is 3.88. The SMILES string of the molecule is CC(C#N)N1CCN(CC2CCCCO2)CC1. The van der Waals surface area contributed by atoms with Crippen molar-refractivity contribution in [3.63, 3.8) is 0 Å². The first kappa shape index (κ1) is 12.8. The van der Waals surface area contributed by atoms with Gasteiger partial charge < -0.3 is 4.74 Å². The van der Waals surface area contributed by atoms with Gasteiger partial charge in [0.15, 0.2) is 0 Å².